The van der Waals surface area contributed by atoms with Crippen LogP contribution in [-0.2, 0) is 4.79 Å². The fraction of sp³-hybridized carbons (Fsp3) is 0.143. The SMILES string of the molecule is O=C1[C@@H]2CS[C@H](c3cccc4ccccc34)N2C(=S)N1c1ccc(Br)cc1. The predicted molar refractivity (Wildman–Crippen MR) is 119 cm³/mol. The summed E-state index contributed by atoms with van der Waals surface area (Å²) in [7, 11) is 0. The van der Waals surface area contributed by atoms with Gasteiger partial charge in [0, 0.05) is 10.2 Å². The smallest absolute Gasteiger partial charge is 0.257 e. The number of thioether (sulfide) groups is 1. The standard InChI is InChI=1S/C21H15BrN2OS2/c22-14-8-10-15(11-9-14)23-19(25)18-12-27-20(24(18)21(23)26)17-7-3-5-13-4-1-2-6-16(13)17/h1-11,18,20H,12H2/t18-,20+/m0/s1. The van der Waals surface area contributed by atoms with Crippen molar-refractivity contribution in [1.29, 1.82) is 0 Å². The normalized spacial score (nSPS) is 22.0. The first-order valence-corrected chi connectivity index (χ1v) is 10.9. The van der Waals surface area contributed by atoms with Crippen molar-refractivity contribution in [2.24, 2.45) is 0 Å². The van der Waals surface area contributed by atoms with Crippen LogP contribution < -0.4 is 4.90 Å². The molecule has 2 aliphatic rings. The zero-order chi connectivity index (χ0) is 18.5. The van der Waals surface area contributed by atoms with Gasteiger partial charge < -0.3 is 4.90 Å². The number of hydrogen-bond acceptors (Lipinski definition) is 3. The van der Waals surface area contributed by atoms with E-state index in [1.807, 2.05) is 24.3 Å². The van der Waals surface area contributed by atoms with Gasteiger partial charge >= 0.3 is 0 Å². The largest absolute Gasteiger partial charge is 0.319 e. The highest BCUT2D eigenvalue weighted by atomic mass is 79.9. The Morgan fingerprint density at radius 3 is 2.56 bits per heavy atom. The minimum atomic E-state index is -0.199. The van der Waals surface area contributed by atoms with Crippen LogP contribution in [0.4, 0.5) is 5.69 Å². The quantitative estimate of drug-likeness (QED) is 0.486. The third kappa shape index (κ3) is 2.70. The first-order chi connectivity index (χ1) is 13.1. The molecule has 0 radical (unpaired) electrons. The number of benzene rings is 3. The molecular weight excluding hydrogens is 440 g/mol. The summed E-state index contributed by atoms with van der Waals surface area (Å²) < 4.78 is 0.980. The molecule has 0 spiro atoms. The van der Waals surface area contributed by atoms with Gasteiger partial charge in [-0.15, -0.1) is 11.8 Å². The fourth-order valence-electron chi connectivity index (χ4n) is 3.82. The number of nitrogens with zero attached hydrogens (tertiary/aromatic N) is 2. The lowest BCUT2D eigenvalue weighted by Gasteiger charge is -2.26. The van der Waals surface area contributed by atoms with Crippen molar-refractivity contribution in [2.45, 2.75) is 11.4 Å². The van der Waals surface area contributed by atoms with E-state index in [1.165, 1.54) is 16.3 Å². The van der Waals surface area contributed by atoms with Crippen molar-refractivity contribution in [2.75, 3.05) is 10.7 Å². The van der Waals surface area contributed by atoms with Crippen LogP contribution in [0.3, 0.4) is 0 Å². The van der Waals surface area contributed by atoms with Gasteiger partial charge in [-0.25, -0.2) is 0 Å². The minimum Gasteiger partial charge on any atom is -0.319 e. The number of halogens is 1. The van der Waals surface area contributed by atoms with Crippen molar-refractivity contribution in [3.8, 4) is 0 Å². The highest BCUT2D eigenvalue weighted by Crippen LogP contribution is 2.47. The molecule has 6 heteroatoms. The Kier molecular flexibility index (Phi) is 4.22. The Balaban J connectivity index is 1.56. The highest BCUT2D eigenvalue weighted by molar-refractivity contribution is 9.10. The molecule has 5 rings (SSSR count). The van der Waals surface area contributed by atoms with Crippen LogP contribution in [-0.4, -0.2) is 27.7 Å². The van der Waals surface area contributed by atoms with Gasteiger partial charge in [-0.1, -0.05) is 58.4 Å². The van der Waals surface area contributed by atoms with Gasteiger partial charge in [0.25, 0.3) is 5.91 Å². The molecule has 3 aromatic rings. The van der Waals surface area contributed by atoms with Crippen molar-refractivity contribution >= 4 is 67.4 Å². The molecule has 2 fully saturated rings. The molecule has 0 N–H and O–H groups in total. The van der Waals surface area contributed by atoms with Gasteiger partial charge in [-0.2, -0.15) is 0 Å². The summed E-state index contributed by atoms with van der Waals surface area (Å²) >= 11 is 11.0. The lowest BCUT2D eigenvalue weighted by atomic mass is 10.0. The lowest BCUT2D eigenvalue weighted by Crippen LogP contribution is -2.33. The molecule has 134 valence electrons. The van der Waals surface area contributed by atoms with Crippen molar-refractivity contribution < 1.29 is 4.79 Å². The Hall–Kier alpha value is -1.89. The Bertz CT molecular complexity index is 1060. The van der Waals surface area contributed by atoms with Gasteiger partial charge in [-0.3, -0.25) is 9.69 Å². The van der Waals surface area contributed by atoms with Crippen LogP contribution in [0.2, 0.25) is 0 Å². The third-order valence-corrected chi connectivity index (χ3v) is 7.32. The molecule has 2 saturated heterocycles. The number of anilines is 1. The minimum absolute atomic E-state index is 0.0537. The zero-order valence-electron chi connectivity index (χ0n) is 14.2. The van der Waals surface area contributed by atoms with Gasteiger partial charge in [0.2, 0.25) is 0 Å². The second-order valence-corrected chi connectivity index (χ2v) is 9.00. The molecule has 1 amide bonds. The Morgan fingerprint density at radius 1 is 1.00 bits per heavy atom. The molecule has 2 atom stereocenters. The van der Waals surface area contributed by atoms with Crippen molar-refractivity contribution in [3.63, 3.8) is 0 Å². The summed E-state index contributed by atoms with van der Waals surface area (Å²) in [5, 5.41) is 3.07. The number of fused-ring (bicyclic) bond motifs is 2. The summed E-state index contributed by atoms with van der Waals surface area (Å²) in [6.45, 7) is 0. The van der Waals surface area contributed by atoms with E-state index in [1.54, 1.807) is 16.7 Å². The molecular formula is C21H15BrN2OS2. The van der Waals surface area contributed by atoms with Crippen LogP contribution in [0, 0.1) is 0 Å². The zero-order valence-corrected chi connectivity index (χ0v) is 17.4. The summed E-state index contributed by atoms with van der Waals surface area (Å²) in [6, 6.07) is 22.3. The molecule has 3 aromatic carbocycles. The van der Waals surface area contributed by atoms with Gasteiger partial charge in [0.1, 0.15) is 11.4 Å². The topological polar surface area (TPSA) is 23.6 Å². The summed E-state index contributed by atoms with van der Waals surface area (Å²) in [4.78, 5) is 16.9. The molecule has 2 heterocycles. The number of amides is 1. The third-order valence-electron chi connectivity index (χ3n) is 5.09. The van der Waals surface area contributed by atoms with E-state index in [4.69, 9.17) is 12.2 Å². The van der Waals surface area contributed by atoms with Crippen LogP contribution in [0.1, 0.15) is 10.9 Å². The Morgan fingerprint density at radius 2 is 1.74 bits per heavy atom. The number of hydrogen-bond donors (Lipinski definition) is 0. The second-order valence-electron chi connectivity index (χ2n) is 6.61. The van der Waals surface area contributed by atoms with E-state index in [2.05, 4.69) is 63.3 Å². The number of rotatable bonds is 2. The van der Waals surface area contributed by atoms with E-state index >= 15 is 0 Å². The monoisotopic (exact) mass is 454 g/mol. The van der Waals surface area contributed by atoms with E-state index < -0.39 is 0 Å². The summed E-state index contributed by atoms with van der Waals surface area (Å²) in [5.74, 6) is 0.817. The van der Waals surface area contributed by atoms with Crippen LogP contribution in [0.5, 0.6) is 0 Å². The molecule has 27 heavy (non-hydrogen) atoms. The summed E-state index contributed by atoms with van der Waals surface area (Å²) in [5.41, 5.74) is 2.04. The van der Waals surface area contributed by atoms with Gasteiger partial charge in [0.05, 0.1) is 5.69 Å². The van der Waals surface area contributed by atoms with E-state index in [0.29, 0.717) is 5.11 Å². The molecule has 3 nitrogen and oxygen atoms in total. The number of carbonyl (C=O) groups is 1. The van der Waals surface area contributed by atoms with Crippen molar-refractivity contribution in [1.82, 2.24) is 4.90 Å². The van der Waals surface area contributed by atoms with Crippen LogP contribution >= 0.6 is 39.9 Å². The number of carbonyl (C=O) groups excluding carboxylic acids is 1. The van der Waals surface area contributed by atoms with Gasteiger partial charge in [-0.05, 0) is 52.8 Å². The molecule has 0 saturated carbocycles. The highest BCUT2D eigenvalue weighted by Gasteiger charge is 2.51. The maximum atomic E-state index is 13.1. The first kappa shape index (κ1) is 17.2. The number of thiocarbonyl (C=S) groups is 1. The first-order valence-electron chi connectivity index (χ1n) is 8.66. The molecule has 0 aromatic heterocycles. The average molecular weight is 455 g/mol. The average Bonchev–Trinajstić information content (AvgIpc) is 3.23. The second kappa shape index (κ2) is 6.62. The lowest BCUT2D eigenvalue weighted by molar-refractivity contribution is -0.119. The predicted octanol–water partition coefficient (Wildman–Crippen LogP) is 5.35. The molecule has 0 unspecified atom stereocenters. The molecule has 2 aliphatic heterocycles. The van der Waals surface area contributed by atoms with Crippen molar-refractivity contribution in [3.05, 3.63) is 76.8 Å². The van der Waals surface area contributed by atoms with E-state index in [9.17, 15) is 4.79 Å². The molecule has 0 aliphatic carbocycles. The van der Waals surface area contributed by atoms with E-state index in [0.717, 1.165) is 15.9 Å². The maximum absolute atomic E-state index is 13.1. The summed E-state index contributed by atoms with van der Waals surface area (Å²) in [6.07, 6.45) is 0. The van der Waals surface area contributed by atoms with Gasteiger partial charge in [0.15, 0.2) is 5.11 Å². The van der Waals surface area contributed by atoms with E-state index in [-0.39, 0.29) is 17.3 Å². The fourth-order valence-corrected chi connectivity index (χ4v) is 6.04. The van der Waals surface area contributed by atoms with Crippen LogP contribution in [0.15, 0.2) is 71.2 Å². The van der Waals surface area contributed by atoms with Crippen LogP contribution in [0.25, 0.3) is 10.8 Å². The maximum Gasteiger partial charge on any atom is 0.257 e. The Labute approximate surface area is 175 Å². The molecule has 0 bridgehead atoms.